The molecule has 5 heteroatoms. The molecular weight excluding hydrogens is 238 g/mol. The van der Waals surface area contributed by atoms with Crippen LogP contribution in [0.2, 0.25) is 0 Å². The van der Waals surface area contributed by atoms with E-state index in [2.05, 4.69) is 36.1 Å². The van der Waals surface area contributed by atoms with Crippen LogP contribution in [0.25, 0.3) is 0 Å². The molecule has 1 aromatic rings. The van der Waals surface area contributed by atoms with Crippen LogP contribution in [0.5, 0.6) is 0 Å². The number of aryl methyl sites for hydroxylation is 1. The Morgan fingerprint density at radius 2 is 2.05 bits per heavy atom. The molecule has 0 saturated carbocycles. The van der Waals surface area contributed by atoms with Gasteiger partial charge in [0, 0.05) is 50.4 Å². The second kappa shape index (κ2) is 5.15. The standard InChI is InChI=1S/C14H23N5/c1-10-11-8-15-5-4-12(11)17-14(16-10)13-9-18(2)6-7-19(13)3/h13,15H,4-9H2,1-3H3. The van der Waals surface area contributed by atoms with Crippen LogP contribution in [0.4, 0.5) is 0 Å². The number of likely N-dealkylation sites (N-methyl/N-ethyl adjacent to an activating group) is 2. The number of nitrogens with zero attached hydrogens (tertiary/aromatic N) is 4. The van der Waals surface area contributed by atoms with E-state index in [-0.39, 0.29) is 0 Å². The largest absolute Gasteiger partial charge is 0.312 e. The monoisotopic (exact) mass is 261 g/mol. The third-order valence-corrected chi connectivity index (χ3v) is 4.31. The molecule has 104 valence electrons. The van der Waals surface area contributed by atoms with Crippen molar-refractivity contribution < 1.29 is 0 Å². The van der Waals surface area contributed by atoms with Gasteiger partial charge in [0.05, 0.1) is 11.7 Å². The molecule has 0 aliphatic carbocycles. The summed E-state index contributed by atoms with van der Waals surface area (Å²) >= 11 is 0. The van der Waals surface area contributed by atoms with Crippen LogP contribution < -0.4 is 5.32 Å². The number of aromatic nitrogens is 2. The van der Waals surface area contributed by atoms with Gasteiger partial charge in [0.1, 0.15) is 5.82 Å². The molecule has 1 aromatic heterocycles. The van der Waals surface area contributed by atoms with Crippen LogP contribution in [0.1, 0.15) is 28.8 Å². The predicted molar refractivity (Wildman–Crippen MR) is 75.0 cm³/mol. The van der Waals surface area contributed by atoms with Gasteiger partial charge < -0.3 is 10.2 Å². The number of fused-ring (bicyclic) bond motifs is 1. The first-order valence-electron chi connectivity index (χ1n) is 7.11. The number of piperazine rings is 1. The Labute approximate surface area is 115 Å². The summed E-state index contributed by atoms with van der Waals surface area (Å²) in [6, 6.07) is 0.331. The van der Waals surface area contributed by atoms with E-state index in [0.29, 0.717) is 6.04 Å². The van der Waals surface area contributed by atoms with E-state index >= 15 is 0 Å². The maximum Gasteiger partial charge on any atom is 0.147 e. The molecule has 1 saturated heterocycles. The molecule has 3 heterocycles. The molecule has 0 spiro atoms. The van der Waals surface area contributed by atoms with Crippen molar-refractivity contribution in [3.8, 4) is 0 Å². The van der Waals surface area contributed by atoms with Gasteiger partial charge in [-0.1, -0.05) is 0 Å². The van der Waals surface area contributed by atoms with Crippen molar-refractivity contribution in [2.75, 3.05) is 40.3 Å². The minimum Gasteiger partial charge on any atom is -0.312 e. The highest BCUT2D eigenvalue weighted by atomic mass is 15.3. The summed E-state index contributed by atoms with van der Waals surface area (Å²) in [5.41, 5.74) is 3.71. The summed E-state index contributed by atoms with van der Waals surface area (Å²) in [6.45, 7) is 7.30. The lowest BCUT2D eigenvalue weighted by atomic mass is 10.0. The van der Waals surface area contributed by atoms with E-state index in [1.807, 2.05) is 0 Å². The van der Waals surface area contributed by atoms with Crippen LogP contribution in [-0.4, -0.2) is 60.0 Å². The van der Waals surface area contributed by atoms with Crippen molar-refractivity contribution in [3.05, 3.63) is 22.8 Å². The molecule has 2 aliphatic heterocycles. The molecule has 2 aliphatic rings. The van der Waals surface area contributed by atoms with Crippen LogP contribution in [0, 0.1) is 6.92 Å². The van der Waals surface area contributed by atoms with Crippen LogP contribution in [0.3, 0.4) is 0 Å². The van der Waals surface area contributed by atoms with E-state index in [0.717, 1.165) is 50.7 Å². The fourth-order valence-electron chi connectivity index (χ4n) is 2.97. The molecule has 1 atom stereocenters. The Balaban J connectivity index is 1.94. The van der Waals surface area contributed by atoms with Gasteiger partial charge in [-0.05, 0) is 21.0 Å². The van der Waals surface area contributed by atoms with Crippen molar-refractivity contribution >= 4 is 0 Å². The molecule has 0 bridgehead atoms. The normalized spacial score (nSPS) is 25.3. The number of hydrogen-bond donors (Lipinski definition) is 1. The smallest absolute Gasteiger partial charge is 0.147 e. The summed E-state index contributed by atoms with van der Waals surface area (Å²) in [7, 11) is 4.35. The van der Waals surface area contributed by atoms with Crippen LogP contribution in [-0.2, 0) is 13.0 Å². The molecule has 19 heavy (non-hydrogen) atoms. The molecule has 1 unspecified atom stereocenters. The van der Waals surface area contributed by atoms with E-state index in [9.17, 15) is 0 Å². The number of rotatable bonds is 1. The summed E-state index contributed by atoms with van der Waals surface area (Å²) in [5, 5.41) is 3.40. The van der Waals surface area contributed by atoms with Gasteiger partial charge in [-0.15, -0.1) is 0 Å². The lowest BCUT2D eigenvalue weighted by Gasteiger charge is -2.37. The Hall–Kier alpha value is -1.04. The van der Waals surface area contributed by atoms with Gasteiger partial charge >= 0.3 is 0 Å². The second-order valence-corrected chi connectivity index (χ2v) is 5.78. The van der Waals surface area contributed by atoms with E-state index < -0.39 is 0 Å². The average Bonchev–Trinajstić information content (AvgIpc) is 2.41. The molecule has 1 fully saturated rings. The van der Waals surface area contributed by atoms with Crippen molar-refractivity contribution in [1.29, 1.82) is 0 Å². The van der Waals surface area contributed by atoms with Gasteiger partial charge in [0.15, 0.2) is 0 Å². The quantitative estimate of drug-likeness (QED) is 0.790. The van der Waals surface area contributed by atoms with Gasteiger partial charge in [0.2, 0.25) is 0 Å². The zero-order chi connectivity index (χ0) is 13.4. The molecule has 0 amide bonds. The summed E-state index contributed by atoms with van der Waals surface area (Å²) in [4.78, 5) is 14.4. The summed E-state index contributed by atoms with van der Waals surface area (Å²) < 4.78 is 0. The Kier molecular flexibility index (Phi) is 3.52. The average molecular weight is 261 g/mol. The van der Waals surface area contributed by atoms with Gasteiger partial charge in [-0.3, -0.25) is 4.90 Å². The first kappa shape index (κ1) is 13.0. The van der Waals surface area contributed by atoms with Crippen LogP contribution >= 0.6 is 0 Å². The van der Waals surface area contributed by atoms with Crippen molar-refractivity contribution in [3.63, 3.8) is 0 Å². The predicted octanol–water partition coefficient (Wildman–Crippen LogP) is 0.349. The lowest BCUT2D eigenvalue weighted by molar-refractivity contribution is 0.109. The summed E-state index contributed by atoms with van der Waals surface area (Å²) in [5.74, 6) is 1.01. The Morgan fingerprint density at radius 3 is 2.89 bits per heavy atom. The highest BCUT2D eigenvalue weighted by molar-refractivity contribution is 5.28. The highest BCUT2D eigenvalue weighted by Gasteiger charge is 2.27. The van der Waals surface area contributed by atoms with Gasteiger partial charge in [-0.2, -0.15) is 0 Å². The fourth-order valence-corrected chi connectivity index (χ4v) is 2.97. The zero-order valence-corrected chi connectivity index (χ0v) is 12.1. The maximum absolute atomic E-state index is 4.86. The van der Waals surface area contributed by atoms with E-state index in [1.165, 1.54) is 11.3 Å². The Morgan fingerprint density at radius 1 is 1.21 bits per heavy atom. The van der Waals surface area contributed by atoms with Gasteiger partial charge in [0.25, 0.3) is 0 Å². The van der Waals surface area contributed by atoms with E-state index in [1.54, 1.807) is 0 Å². The minimum atomic E-state index is 0.331. The third kappa shape index (κ3) is 2.50. The molecule has 5 nitrogen and oxygen atoms in total. The third-order valence-electron chi connectivity index (χ3n) is 4.31. The summed E-state index contributed by atoms with van der Waals surface area (Å²) in [6.07, 6.45) is 1.03. The number of hydrogen-bond acceptors (Lipinski definition) is 5. The minimum absolute atomic E-state index is 0.331. The fraction of sp³-hybridized carbons (Fsp3) is 0.714. The highest BCUT2D eigenvalue weighted by Crippen LogP contribution is 2.23. The second-order valence-electron chi connectivity index (χ2n) is 5.78. The van der Waals surface area contributed by atoms with E-state index in [4.69, 9.17) is 9.97 Å². The first-order valence-corrected chi connectivity index (χ1v) is 7.11. The van der Waals surface area contributed by atoms with Crippen molar-refractivity contribution in [2.24, 2.45) is 0 Å². The molecule has 0 radical (unpaired) electrons. The molecule has 1 N–H and O–H groups in total. The molecule has 3 rings (SSSR count). The molecular formula is C14H23N5. The zero-order valence-electron chi connectivity index (χ0n) is 12.1. The van der Waals surface area contributed by atoms with Crippen molar-refractivity contribution in [2.45, 2.75) is 25.9 Å². The molecule has 0 aromatic carbocycles. The van der Waals surface area contributed by atoms with Gasteiger partial charge in [-0.25, -0.2) is 9.97 Å². The maximum atomic E-state index is 4.86. The lowest BCUT2D eigenvalue weighted by Crippen LogP contribution is -2.45. The Bertz CT molecular complexity index is 473. The number of nitrogens with one attached hydrogen (secondary N) is 1. The topological polar surface area (TPSA) is 44.3 Å². The SMILES string of the molecule is Cc1nc(C2CN(C)CCN2C)nc2c1CNCC2. The van der Waals surface area contributed by atoms with Crippen molar-refractivity contribution in [1.82, 2.24) is 25.1 Å². The first-order chi connectivity index (χ1) is 9.15. The van der Waals surface area contributed by atoms with Crippen LogP contribution in [0.15, 0.2) is 0 Å².